The number of nitrogens with zero attached hydrogens (tertiary/aromatic N) is 3. The molecule has 0 spiro atoms. The molecule has 2 aromatic heterocycles. The van der Waals surface area contributed by atoms with E-state index in [1.54, 1.807) is 7.11 Å². The van der Waals surface area contributed by atoms with E-state index in [2.05, 4.69) is 14.5 Å². The molecule has 3 rings (SSSR count). The quantitative estimate of drug-likeness (QED) is 0.625. The Morgan fingerprint density at radius 2 is 2.19 bits per heavy atom. The Balaban J connectivity index is 1.69. The summed E-state index contributed by atoms with van der Waals surface area (Å²) in [4.78, 5) is 4.42. The van der Waals surface area contributed by atoms with Crippen LogP contribution in [-0.4, -0.2) is 41.4 Å². The van der Waals surface area contributed by atoms with Crippen molar-refractivity contribution in [3.8, 4) is 11.5 Å². The van der Waals surface area contributed by atoms with Crippen molar-refractivity contribution in [2.24, 2.45) is 0 Å². The van der Waals surface area contributed by atoms with Crippen molar-refractivity contribution < 1.29 is 14.0 Å². The van der Waals surface area contributed by atoms with Crippen molar-refractivity contribution in [1.29, 1.82) is 0 Å². The number of benzene rings is 1. The van der Waals surface area contributed by atoms with Gasteiger partial charge >= 0.3 is 0 Å². The lowest BCUT2D eigenvalue weighted by Gasteiger charge is -2.00. The average molecular weight is 305 g/mol. The molecule has 0 unspecified atom stereocenters. The van der Waals surface area contributed by atoms with Gasteiger partial charge in [-0.15, -0.1) is 0 Å². The number of methoxy groups -OCH3 is 1. The van der Waals surface area contributed by atoms with E-state index in [4.69, 9.17) is 14.0 Å². The summed E-state index contributed by atoms with van der Waals surface area (Å²) < 4.78 is 20.9. The minimum absolute atomic E-state index is 0.525. The number of ether oxygens (including phenoxy) is 2. The Kier molecular flexibility index (Phi) is 4.54. The predicted molar refractivity (Wildman–Crippen MR) is 79.3 cm³/mol. The first-order chi connectivity index (χ1) is 10.4. The van der Waals surface area contributed by atoms with Gasteiger partial charge in [0.2, 0.25) is 0 Å². The Morgan fingerprint density at radius 3 is 3.10 bits per heavy atom. The molecule has 0 saturated carbocycles. The summed E-state index contributed by atoms with van der Waals surface area (Å²) in [6.45, 7) is 1.71. The predicted octanol–water partition coefficient (Wildman–Crippen LogP) is 2.55. The lowest BCUT2D eigenvalue weighted by molar-refractivity contribution is 0.0714. The van der Waals surface area contributed by atoms with Gasteiger partial charge < -0.3 is 14.0 Å². The van der Waals surface area contributed by atoms with Gasteiger partial charge in [0.15, 0.2) is 5.82 Å². The second-order valence-electron chi connectivity index (χ2n) is 4.42. The summed E-state index contributed by atoms with van der Waals surface area (Å²) in [5, 5.41) is 5.07. The fourth-order valence-electron chi connectivity index (χ4n) is 1.94. The van der Waals surface area contributed by atoms with E-state index in [0.29, 0.717) is 38.0 Å². The molecule has 2 heterocycles. The molecule has 0 aliphatic rings. The summed E-state index contributed by atoms with van der Waals surface area (Å²) >= 11 is 1.43. The van der Waals surface area contributed by atoms with Crippen molar-refractivity contribution in [2.75, 3.05) is 26.9 Å². The average Bonchev–Trinajstić information content (AvgIpc) is 3.15. The van der Waals surface area contributed by atoms with Gasteiger partial charge in [-0.2, -0.15) is 9.36 Å². The first kappa shape index (κ1) is 14.1. The standard InChI is InChI=1S/C14H15N3O3S/c1-18-7-8-19-6-5-12-16-14(20-17-12)11-4-2-3-10-9-15-21-13(10)11/h2-4,9H,5-8H2,1H3. The van der Waals surface area contributed by atoms with Gasteiger partial charge in [-0.1, -0.05) is 17.3 Å². The van der Waals surface area contributed by atoms with Crippen molar-refractivity contribution in [3.05, 3.63) is 30.2 Å². The minimum atomic E-state index is 0.525. The molecule has 3 aromatic rings. The van der Waals surface area contributed by atoms with Crippen LogP contribution in [0.25, 0.3) is 21.5 Å². The largest absolute Gasteiger partial charge is 0.382 e. The van der Waals surface area contributed by atoms with Crippen molar-refractivity contribution in [3.63, 3.8) is 0 Å². The number of rotatable bonds is 7. The Bertz CT molecular complexity index is 710. The van der Waals surface area contributed by atoms with Crippen LogP contribution in [0.15, 0.2) is 28.9 Å². The van der Waals surface area contributed by atoms with E-state index in [1.165, 1.54) is 11.5 Å². The molecule has 0 fully saturated rings. The molecule has 0 bridgehead atoms. The fourth-order valence-corrected chi connectivity index (χ4v) is 2.69. The van der Waals surface area contributed by atoms with Gasteiger partial charge in [0, 0.05) is 25.1 Å². The van der Waals surface area contributed by atoms with Crippen molar-refractivity contribution in [2.45, 2.75) is 6.42 Å². The zero-order chi connectivity index (χ0) is 14.5. The number of hydrogen-bond acceptors (Lipinski definition) is 7. The maximum atomic E-state index is 5.40. The third kappa shape index (κ3) is 3.26. The van der Waals surface area contributed by atoms with Gasteiger partial charge in [-0.3, -0.25) is 0 Å². The highest BCUT2D eigenvalue weighted by atomic mass is 32.1. The molecule has 110 valence electrons. The number of hydrogen-bond donors (Lipinski definition) is 0. The van der Waals surface area contributed by atoms with Crippen molar-refractivity contribution >= 4 is 21.6 Å². The smallest absolute Gasteiger partial charge is 0.259 e. The third-order valence-electron chi connectivity index (χ3n) is 2.98. The van der Waals surface area contributed by atoms with Crippen LogP contribution in [0.5, 0.6) is 0 Å². The number of aromatic nitrogens is 3. The Labute approximate surface area is 125 Å². The molecule has 0 radical (unpaired) electrons. The highest BCUT2D eigenvalue weighted by molar-refractivity contribution is 7.13. The highest BCUT2D eigenvalue weighted by Crippen LogP contribution is 2.29. The SMILES string of the molecule is COCCOCCc1noc(-c2cccc3cnsc23)n1. The maximum absolute atomic E-state index is 5.40. The van der Waals surface area contributed by atoms with Crippen LogP contribution in [0.2, 0.25) is 0 Å². The number of fused-ring (bicyclic) bond motifs is 1. The van der Waals surface area contributed by atoms with Crippen LogP contribution in [-0.2, 0) is 15.9 Å². The van der Waals surface area contributed by atoms with Gasteiger partial charge in [0.25, 0.3) is 5.89 Å². The highest BCUT2D eigenvalue weighted by Gasteiger charge is 2.13. The molecule has 7 heteroatoms. The normalized spacial score (nSPS) is 11.3. The molecular formula is C14H15N3O3S. The van der Waals surface area contributed by atoms with Gasteiger partial charge in [0.1, 0.15) is 0 Å². The molecule has 1 aromatic carbocycles. The van der Waals surface area contributed by atoms with Crippen LogP contribution in [0.1, 0.15) is 5.82 Å². The van der Waals surface area contributed by atoms with E-state index >= 15 is 0 Å². The molecule has 0 amide bonds. The van der Waals surface area contributed by atoms with Crippen molar-refractivity contribution in [1.82, 2.24) is 14.5 Å². The summed E-state index contributed by atoms with van der Waals surface area (Å²) in [6.07, 6.45) is 2.45. The van der Waals surface area contributed by atoms with Crippen LogP contribution in [0.3, 0.4) is 0 Å². The molecule has 0 aliphatic carbocycles. The van der Waals surface area contributed by atoms with Crippen LogP contribution >= 0.6 is 11.5 Å². The molecule has 0 N–H and O–H groups in total. The monoisotopic (exact) mass is 305 g/mol. The first-order valence-corrected chi connectivity index (χ1v) is 7.39. The zero-order valence-electron chi connectivity index (χ0n) is 11.6. The molecule has 0 saturated heterocycles. The summed E-state index contributed by atoms with van der Waals surface area (Å²) in [5.74, 6) is 1.17. The molecular weight excluding hydrogens is 290 g/mol. The van der Waals surface area contributed by atoms with E-state index in [1.807, 2.05) is 24.4 Å². The Hall–Kier alpha value is -1.83. The fraction of sp³-hybridized carbons (Fsp3) is 0.357. The van der Waals surface area contributed by atoms with Crippen LogP contribution < -0.4 is 0 Å². The van der Waals surface area contributed by atoms with E-state index in [0.717, 1.165) is 15.6 Å². The first-order valence-electron chi connectivity index (χ1n) is 6.61. The third-order valence-corrected chi connectivity index (χ3v) is 3.83. The minimum Gasteiger partial charge on any atom is -0.382 e. The second kappa shape index (κ2) is 6.75. The van der Waals surface area contributed by atoms with Gasteiger partial charge in [-0.25, -0.2) is 0 Å². The van der Waals surface area contributed by atoms with E-state index < -0.39 is 0 Å². The molecule has 0 aliphatic heterocycles. The molecule has 21 heavy (non-hydrogen) atoms. The lowest BCUT2D eigenvalue weighted by atomic mass is 10.2. The Morgan fingerprint density at radius 1 is 1.24 bits per heavy atom. The lowest BCUT2D eigenvalue weighted by Crippen LogP contribution is -2.05. The molecule has 6 nitrogen and oxygen atoms in total. The maximum Gasteiger partial charge on any atom is 0.259 e. The summed E-state index contributed by atoms with van der Waals surface area (Å²) in [5.41, 5.74) is 0.925. The van der Waals surface area contributed by atoms with Gasteiger partial charge in [0.05, 0.1) is 30.1 Å². The summed E-state index contributed by atoms with van der Waals surface area (Å²) in [7, 11) is 1.65. The summed E-state index contributed by atoms with van der Waals surface area (Å²) in [6, 6.07) is 5.94. The van der Waals surface area contributed by atoms with Gasteiger partial charge in [-0.05, 0) is 17.6 Å². The van der Waals surface area contributed by atoms with Crippen LogP contribution in [0.4, 0.5) is 0 Å². The molecule has 0 atom stereocenters. The second-order valence-corrected chi connectivity index (χ2v) is 5.22. The topological polar surface area (TPSA) is 70.3 Å². The van der Waals surface area contributed by atoms with E-state index in [-0.39, 0.29) is 0 Å². The van der Waals surface area contributed by atoms with Crippen LogP contribution in [0, 0.1) is 0 Å². The van der Waals surface area contributed by atoms with E-state index in [9.17, 15) is 0 Å². The zero-order valence-corrected chi connectivity index (χ0v) is 12.4.